The number of nitrogens with zero attached hydrogens (tertiary/aromatic N) is 3. The number of ether oxygens (including phenoxy) is 2. The minimum Gasteiger partial charge on any atom is -0.492 e. The number of aryl methyl sites for hydroxylation is 2. The van der Waals surface area contributed by atoms with Crippen LogP contribution in [0.1, 0.15) is 37.1 Å². The van der Waals surface area contributed by atoms with E-state index in [1.807, 2.05) is 32.0 Å². The molecule has 7 nitrogen and oxygen atoms in total. The van der Waals surface area contributed by atoms with Crippen molar-refractivity contribution in [1.82, 2.24) is 14.9 Å². The maximum absolute atomic E-state index is 12.5. The summed E-state index contributed by atoms with van der Waals surface area (Å²) in [4.78, 5) is 23.7. The predicted octanol–water partition coefficient (Wildman–Crippen LogP) is 3.60. The molecule has 1 aromatic heterocycles. The lowest BCUT2D eigenvalue weighted by molar-refractivity contribution is -0.117. The molecule has 2 aliphatic rings. The van der Waals surface area contributed by atoms with Crippen molar-refractivity contribution < 1.29 is 14.3 Å². The molecule has 2 saturated heterocycles. The Morgan fingerprint density at radius 3 is 2.71 bits per heavy atom. The second-order valence-electron chi connectivity index (χ2n) is 8.51. The first-order chi connectivity index (χ1) is 15.1. The number of aromatic nitrogens is 2. The molecule has 7 heteroatoms. The van der Waals surface area contributed by atoms with Gasteiger partial charge in [-0.15, -0.1) is 0 Å². The van der Waals surface area contributed by atoms with Crippen LogP contribution < -0.4 is 10.1 Å². The largest absolute Gasteiger partial charge is 0.492 e. The van der Waals surface area contributed by atoms with Gasteiger partial charge in [-0.1, -0.05) is 0 Å². The van der Waals surface area contributed by atoms with E-state index in [0.717, 1.165) is 66.6 Å². The average molecular weight is 425 g/mol. The van der Waals surface area contributed by atoms with Crippen molar-refractivity contribution >= 4 is 11.6 Å². The van der Waals surface area contributed by atoms with Gasteiger partial charge in [0.05, 0.1) is 0 Å². The molecule has 0 radical (unpaired) electrons. The molecule has 1 aromatic carbocycles. The van der Waals surface area contributed by atoms with Crippen LogP contribution in [0.4, 0.5) is 5.69 Å². The van der Waals surface area contributed by atoms with Crippen LogP contribution in [0, 0.1) is 19.8 Å². The van der Waals surface area contributed by atoms with Crippen LogP contribution in [0.5, 0.6) is 5.75 Å². The number of amides is 1. The molecule has 0 saturated carbocycles. The fraction of sp³-hybridized carbons (Fsp3) is 0.542. The Kier molecular flexibility index (Phi) is 7.14. The van der Waals surface area contributed by atoms with Gasteiger partial charge in [-0.25, -0.2) is 9.97 Å². The van der Waals surface area contributed by atoms with Gasteiger partial charge >= 0.3 is 0 Å². The lowest BCUT2D eigenvalue weighted by atomic mass is 10.0. The fourth-order valence-electron chi connectivity index (χ4n) is 4.42. The van der Waals surface area contributed by atoms with Crippen molar-refractivity contribution in [1.29, 1.82) is 0 Å². The normalized spacial score (nSPS) is 19.0. The van der Waals surface area contributed by atoms with Gasteiger partial charge in [-0.05, 0) is 70.3 Å². The highest BCUT2D eigenvalue weighted by Crippen LogP contribution is 2.35. The van der Waals surface area contributed by atoms with Gasteiger partial charge in [0.1, 0.15) is 18.7 Å². The number of benzene rings is 1. The fourth-order valence-corrected chi connectivity index (χ4v) is 4.42. The number of rotatable bonds is 8. The third-order valence-corrected chi connectivity index (χ3v) is 6.12. The van der Waals surface area contributed by atoms with E-state index in [4.69, 9.17) is 9.47 Å². The van der Waals surface area contributed by atoms with Crippen LogP contribution in [0.15, 0.2) is 24.5 Å². The van der Waals surface area contributed by atoms with Gasteiger partial charge in [-0.3, -0.25) is 9.69 Å². The standard InChI is InChI=1S/C24H32N4O3/c1-17-24(18(2)26-16-25-17)21-14-20(27-23(29)13-19-7-11-30-15-19)5-6-22(21)31-12-10-28-8-3-4-9-28/h5-6,14,16,19H,3-4,7-13,15H2,1-2H3,(H,27,29). The van der Waals surface area contributed by atoms with Crippen molar-refractivity contribution in [3.05, 3.63) is 35.9 Å². The van der Waals surface area contributed by atoms with E-state index in [1.54, 1.807) is 6.33 Å². The van der Waals surface area contributed by atoms with E-state index in [0.29, 0.717) is 25.6 Å². The van der Waals surface area contributed by atoms with Crippen LogP contribution in [0.25, 0.3) is 11.1 Å². The van der Waals surface area contributed by atoms with E-state index in [9.17, 15) is 4.79 Å². The summed E-state index contributed by atoms with van der Waals surface area (Å²) in [5, 5.41) is 3.05. The minimum absolute atomic E-state index is 0.0157. The zero-order chi connectivity index (χ0) is 21.6. The third kappa shape index (κ3) is 5.60. The summed E-state index contributed by atoms with van der Waals surface area (Å²) >= 11 is 0. The summed E-state index contributed by atoms with van der Waals surface area (Å²) in [5.41, 5.74) is 4.42. The molecular formula is C24H32N4O3. The lowest BCUT2D eigenvalue weighted by Gasteiger charge is -2.19. The minimum atomic E-state index is 0.0157. The van der Waals surface area contributed by atoms with Crippen molar-refractivity contribution in [2.45, 2.75) is 39.5 Å². The molecule has 0 bridgehead atoms. The number of hydrogen-bond donors (Lipinski definition) is 1. The van der Waals surface area contributed by atoms with Gasteiger partial charge in [-0.2, -0.15) is 0 Å². The smallest absolute Gasteiger partial charge is 0.224 e. The van der Waals surface area contributed by atoms with E-state index < -0.39 is 0 Å². The molecule has 166 valence electrons. The lowest BCUT2D eigenvalue weighted by Crippen LogP contribution is -2.25. The first kappa shape index (κ1) is 21.7. The second kappa shape index (κ2) is 10.2. The molecule has 2 fully saturated rings. The Hall–Kier alpha value is -2.51. The molecule has 1 amide bonds. The van der Waals surface area contributed by atoms with Crippen molar-refractivity contribution in [2.75, 3.05) is 44.8 Å². The maximum atomic E-state index is 12.5. The molecule has 0 aliphatic carbocycles. The van der Waals surface area contributed by atoms with E-state index in [2.05, 4.69) is 20.2 Å². The number of likely N-dealkylation sites (tertiary alicyclic amines) is 1. The summed E-state index contributed by atoms with van der Waals surface area (Å²) in [7, 11) is 0. The van der Waals surface area contributed by atoms with Crippen molar-refractivity contribution in [2.24, 2.45) is 5.92 Å². The van der Waals surface area contributed by atoms with Gasteiger partial charge in [0.25, 0.3) is 0 Å². The highest BCUT2D eigenvalue weighted by molar-refractivity contribution is 5.92. The Labute approximate surface area is 184 Å². The zero-order valence-corrected chi connectivity index (χ0v) is 18.5. The first-order valence-corrected chi connectivity index (χ1v) is 11.3. The topological polar surface area (TPSA) is 76.6 Å². The third-order valence-electron chi connectivity index (χ3n) is 6.12. The summed E-state index contributed by atoms with van der Waals surface area (Å²) in [6.45, 7) is 9.22. The van der Waals surface area contributed by atoms with E-state index in [1.165, 1.54) is 12.8 Å². The number of nitrogens with one attached hydrogen (secondary N) is 1. The van der Waals surface area contributed by atoms with Crippen molar-refractivity contribution in [3.63, 3.8) is 0 Å². The number of hydrogen-bond acceptors (Lipinski definition) is 6. The van der Waals surface area contributed by atoms with Crippen LogP contribution in [-0.2, 0) is 9.53 Å². The molecule has 1 unspecified atom stereocenters. The van der Waals surface area contributed by atoms with Crippen LogP contribution in [-0.4, -0.2) is 60.2 Å². The molecule has 3 heterocycles. The summed E-state index contributed by atoms with van der Waals surface area (Å²) in [5.74, 6) is 1.11. The second-order valence-corrected chi connectivity index (χ2v) is 8.51. The molecule has 2 aliphatic heterocycles. The SMILES string of the molecule is Cc1ncnc(C)c1-c1cc(NC(=O)CC2CCOC2)ccc1OCCN1CCCC1. The monoisotopic (exact) mass is 424 g/mol. The molecule has 1 N–H and O–H groups in total. The zero-order valence-electron chi connectivity index (χ0n) is 18.5. The molecule has 0 spiro atoms. The van der Waals surface area contributed by atoms with Gasteiger partial charge in [0, 0.05) is 54.4 Å². The quantitative estimate of drug-likeness (QED) is 0.698. The van der Waals surface area contributed by atoms with Crippen molar-refractivity contribution in [3.8, 4) is 16.9 Å². The van der Waals surface area contributed by atoms with Crippen LogP contribution in [0.3, 0.4) is 0 Å². The Morgan fingerprint density at radius 1 is 1.23 bits per heavy atom. The summed E-state index contributed by atoms with van der Waals surface area (Å²) in [6.07, 6.45) is 5.55. The highest BCUT2D eigenvalue weighted by Gasteiger charge is 2.20. The number of carbonyl (C=O) groups excluding carboxylic acids is 1. The van der Waals surface area contributed by atoms with E-state index >= 15 is 0 Å². The summed E-state index contributed by atoms with van der Waals surface area (Å²) in [6, 6.07) is 5.83. The summed E-state index contributed by atoms with van der Waals surface area (Å²) < 4.78 is 11.6. The van der Waals surface area contributed by atoms with Gasteiger partial charge < -0.3 is 14.8 Å². The van der Waals surface area contributed by atoms with Gasteiger partial charge in [0.2, 0.25) is 5.91 Å². The average Bonchev–Trinajstić information content (AvgIpc) is 3.43. The van der Waals surface area contributed by atoms with E-state index in [-0.39, 0.29) is 5.91 Å². The maximum Gasteiger partial charge on any atom is 0.224 e. The number of carbonyl (C=O) groups is 1. The van der Waals surface area contributed by atoms with Gasteiger partial charge in [0.15, 0.2) is 0 Å². The van der Waals surface area contributed by atoms with Crippen LogP contribution in [0.2, 0.25) is 0 Å². The molecule has 1 atom stereocenters. The van der Waals surface area contributed by atoms with Crippen LogP contribution >= 0.6 is 0 Å². The molecule has 31 heavy (non-hydrogen) atoms. The Bertz CT molecular complexity index is 885. The Balaban J connectivity index is 1.53. The predicted molar refractivity (Wildman–Crippen MR) is 120 cm³/mol. The molecule has 2 aromatic rings. The molecular weight excluding hydrogens is 392 g/mol. The molecule has 4 rings (SSSR count). The Morgan fingerprint density at radius 2 is 2.00 bits per heavy atom. The first-order valence-electron chi connectivity index (χ1n) is 11.3. The number of anilines is 1. The highest BCUT2D eigenvalue weighted by atomic mass is 16.5.